The largest absolute Gasteiger partial charge is 0.434 e. The van der Waals surface area contributed by atoms with E-state index in [0.29, 0.717) is 12.8 Å². The van der Waals surface area contributed by atoms with Crippen molar-refractivity contribution in [2.75, 3.05) is 13.2 Å². The highest BCUT2D eigenvalue weighted by atomic mass is 32.2. The SMILES string of the molecule is NC(=O)[C@H]1CC[C@H]2OCCN(S(=O)(=O)c3cccnc3C(F)(F)F)[C@@H]2C1. The number of carbonyl (C=O) groups is 1. The zero-order valence-electron chi connectivity index (χ0n) is 13.6. The van der Waals surface area contributed by atoms with E-state index in [-0.39, 0.29) is 19.6 Å². The van der Waals surface area contributed by atoms with E-state index in [2.05, 4.69) is 4.98 Å². The van der Waals surface area contributed by atoms with Gasteiger partial charge in [-0.25, -0.2) is 8.42 Å². The molecule has 1 saturated heterocycles. The lowest BCUT2D eigenvalue weighted by atomic mass is 9.82. The number of rotatable bonds is 3. The molecule has 2 fully saturated rings. The highest BCUT2D eigenvalue weighted by Gasteiger charge is 2.47. The average Bonchev–Trinajstić information content (AvgIpc) is 2.60. The van der Waals surface area contributed by atoms with Crippen LogP contribution in [0.25, 0.3) is 0 Å². The van der Waals surface area contributed by atoms with E-state index in [0.717, 1.165) is 22.6 Å². The third kappa shape index (κ3) is 3.42. The van der Waals surface area contributed by atoms with Crippen LogP contribution in [0.2, 0.25) is 0 Å². The number of sulfonamides is 1. The van der Waals surface area contributed by atoms with Crippen LogP contribution < -0.4 is 5.73 Å². The topological polar surface area (TPSA) is 103 Å². The van der Waals surface area contributed by atoms with Gasteiger partial charge < -0.3 is 10.5 Å². The second-order valence-corrected chi connectivity index (χ2v) is 8.21. The summed E-state index contributed by atoms with van der Waals surface area (Å²) >= 11 is 0. The summed E-state index contributed by atoms with van der Waals surface area (Å²) in [4.78, 5) is 13.8. The highest BCUT2D eigenvalue weighted by Crippen LogP contribution is 2.38. The zero-order chi connectivity index (χ0) is 19.1. The molecule has 7 nitrogen and oxygen atoms in total. The predicted molar refractivity (Wildman–Crippen MR) is 83.2 cm³/mol. The van der Waals surface area contributed by atoms with Crippen LogP contribution in [0, 0.1) is 5.92 Å². The predicted octanol–water partition coefficient (Wildman–Crippen LogP) is 1.14. The van der Waals surface area contributed by atoms with Crippen LogP contribution in [0.5, 0.6) is 0 Å². The molecular formula is C15H18F3N3O4S. The number of morpholine rings is 1. The molecule has 2 N–H and O–H groups in total. The lowest BCUT2D eigenvalue weighted by molar-refractivity contribution is -0.143. The average molecular weight is 393 g/mol. The van der Waals surface area contributed by atoms with Crippen molar-refractivity contribution in [3.63, 3.8) is 0 Å². The first-order valence-electron chi connectivity index (χ1n) is 8.07. The number of fused-ring (bicyclic) bond motifs is 1. The van der Waals surface area contributed by atoms with Crippen molar-refractivity contribution < 1.29 is 31.1 Å². The Bertz CT molecular complexity index is 800. The van der Waals surface area contributed by atoms with Gasteiger partial charge in [-0.1, -0.05) is 0 Å². The Balaban J connectivity index is 2.00. The summed E-state index contributed by atoms with van der Waals surface area (Å²) in [5.74, 6) is -1.09. The van der Waals surface area contributed by atoms with E-state index in [1.54, 1.807) is 0 Å². The molecule has 1 aliphatic heterocycles. The third-order valence-corrected chi connectivity index (χ3v) is 6.75. The first kappa shape index (κ1) is 19.1. The number of nitrogens with two attached hydrogens (primary N) is 1. The van der Waals surface area contributed by atoms with E-state index in [9.17, 15) is 26.4 Å². The van der Waals surface area contributed by atoms with Gasteiger partial charge in [-0.3, -0.25) is 9.78 Å². The quantitative estimate of drug-likeness (QED) is 0.830. The van der Waals surface area contributed by atoms with Gasteiger partial charge in [0.2, 0.25) is 15.9 Å². The van der Waals surface area contributed by atoms with E-state index in [4.69, 9.17) is 10.5 Å². The molecule has 1 aromatic heterocycles. The van der Waals surface area contributed by atoms with Crippen LogP contribution in [0.15, 0.2) is 23.2 Å². The van der Waals surface area contributed by atoms with Crippen molar-refractivity contribution in [3.05, 3.63) is 24.0 Å². The first-order valence-corrected chi connectivity index (χ1v) is 9.51. The molecule has 2 heterocycles. The minimum Gasteiger partial charge on any atom is -0.375 e. The normalized spacial score (nSPS) is 27.7. The van der Waals surface area contributed by atoms with Crippen molar-refractivity contribution in [1.29, 1.82) is 0 Å². The number of hydrogen-bond acceptors (Lipinski definition) is 5. The van der Waals surface area contributed by atoms with Crippen LogP contribution in [-0.4, -0.2) is 48.9 Å². The molecule has 3 rings (SSSR count). The number of pyridine rings is 1. The Morgan fingerprint density at radius 1 is 1.35 bits per heavy atom. The molecule has 1 amide bonds. The molecule has 2 aliphatic rings. The minimum atomic E-state index is -4.91. The fourth-order valence-electron chi connectivity index (χ4n) is 3.57. The molecule has 144 valence electrons. The molecule has 3 atom stereocenters. The highest BCUT2D eigenvalue weighted by molar-refractivity contribution is 7.89. The smallest absolute Gasteiger partial charge is 0.375 e. The van der Waals surface area contributed by atoms with Gasteiger partial charge in [-0.2, -0.15) is 17.5 Å². The van der Waals surface area contributed by atoms with Crippen molar-refractivity contribution >= 4 is 15.9 Å². The number of primary amides is 1. The summed E-state index contributed by atoms with van der Waals surface area (Å²) in [7, 11) is -4.48. The number of amides is 1. The fourth-order valence-corrected chi connectivity index (χ4v) is 5.38. The lowest BCUT2D eigenvalue weighted by Crippen LogP contribution is -2.57. The van der Waals surface area contributed by atoms with Crippen LogP contribution in [0.4, 0.5) is 13.2 Å². The summed E-state index contributed by atoms with van der Waals surface area (Å²) in [6.07, 6.45) is -3.47. The first-order chi connectivity index (χ1) is 12.1. The lowest BCUT2D eigenvalue weighted by Gasteiger charge is -2.44. The minimum absolute atomic E-state index is 0.0727. The Morgan fingerprint density at radius 2 is 2.08 bits per heavy atom. The summed E-state index contributed by atoms with van der Waals surface area (Å²) in [5, 5.41) is 0. The Labute approximate surface area is 148 Å². The second kappa shape index (κ2) is 6.78. The maximum atomic E-state index is 13.2. The number of alkyl halides is 3. The molecule has 0 unspecified atom stereocenters. The van der Waals surface area contributed by atoms with E-state index < -0.39 is 50.8 Å². The Morgan fingerprint density at radius 3 is 2.73 bits per heavy atom. The van der Waals surface area contributed by atoms with Gasteiger partial charge in [-0.05, 0) is 31.4 Å². The molecule has 1 aliphatic carbocycles. The van der Waals surface area contributed by atoms with E-state index >= 15 is 0 Å². The zero-order valence-corrected chi connectivity index (χ0v) is 14.5. The van der Waals surface area contributed by atoms with Crippen molar-refractivity contribution in [2.45, 2.75) is 42.5 Å². The van der Waals surface area contributed by atoms with Crippen molar-refractivity contribution in [3.8, 4) is 0 Å². The van der Waals surface area contributed by atoms with Gasteiger partial charge in [0.1, 0.15) is 4.90 Å². The number of ether oxygens (including phenoxy) is 1. The number of halogens is 3. The summed E-state index contributed by atoms with van der Waals surface area (Å²) in [6.45, 7) is -0.0234. The molecule has 0 radical (unpaired) electrons. The van der Waals surface area contributed by atoms with Crippen LogP contribution in [-0.2, 0) is 25.7 Å². The number of hydrogen-bond donors (Lipinski definition) is 1. The molecule has 0 aromatic carbocycles. The van der Waals surface area contributed by atoms with Gasteiger partial charge in [0.05, 0.1) is 18.8 Å². The molecule has 0 bridgehead atoms. The third-order valence-electron chi connectivity index (χ3n) is 4.80. The summed E-state index contributed by atoms with van der Waals surface area (Å²) in [6, 6.07) is 1.30. The standard InChI is InChI=1S/C15H18F3N3O4S/c16-15(17,18)13-12(2-1-5-20-13)26(23,24)21-6-7-25-11-4-3-9(14(19)22)8-10(11)21/h1-2,5,9-11H,3-4,6-8H2,(H2,19,22)/t9-,10+,11+/m0/s1. The van der Waals surface area contributed by atoms with Crippen LogP contribution in [0.1, 0.15) is 25.0 Å². The van der Waals surface area contributed by atoms with Crippen LogP contribution >= 0.6 is 0 Å². The van der Waals surface area contributed by atoms with Crippen molar-refractivity contribution in [1.82, 2.24) is 9.29 Å². The van der Waals surface area contributed by atoms with Gasteiger partial charge in [-0.15, -0.1) is 0 Å². The molecule has 1 aromatic rings. The molecule has 0 spiro atoms. The number of nitrogens with zero attached hydrogens (tertiary/aromatic N) is 2. The number of aromatic nitrogens is 1. The molecule has 11 heteroatoms. The molecule has 26 heavy (non-hydrogen) atoms. The van der Waals surface area contributed by atoms with Gasteiger partial charge in [0, 0.05) is 18.7 Å². The molecular weight excluding hydrogens is 375 g/mol. The maximum absolute atomic E-state index is 13.2. The molecule has 1 saturated carbocycles. The second-order valence-electron chi connectivity index (χ2n) is 6.35. The number of carbonyl (C=O) groups excluding carboxylic acids is 1. The monoisotopic (exact) mass is 393 g/mol. The summed E-state index contributed by atoms with van der Waals surface area (Å²) < 4.78 is 72.2. The summed E-state index contributed by atoms with van der Waals surface area (Å²) in [5.41, 5.74) is 3.88. The van der Waals surface area contributed by atoms with Crippen molar-refractivity contribution in [2.24, 2.45) is 11.7 Å². The Hall–Kier alpha value is -1.72. The van der Waals surface area contributed by atoms with Gasteiger partial charge >= 0.3 is 6.18 Å². The van der Waals surface area contributed by atoms with Crippen LogP contribution in [0.3, 0.4) is 0 Å². The Kier molecular flexibility index (Phi) is 4.97. The maximum Gasteiger partial charge on any atom is 0.434 e. The van der Waals surface area contributed by atoms with E-state index in [1.165, 1.54) is 0 Å². The van der Waals surface area contributed by atoms with Gasteiger partial charge in [0.25, 0.3) is 0 Å². The fraction of sp³-hybridized carbons (Fsp3) is 0.600. The van der Waals surface area contributed by atoms with Gasteiger partial charge in [0.15, 0.2) is 5.69 Å². The van der Waals surface area contributed by atoms with E-state index in [1.807, 2.05) is 0 Å².